The summed E-state index contributed by atoms with van der Waals surface area (Å²) in [4.78, 5) is 11.0. The molecular formula is C5H4B5Br2N2O. The van der Waals surface area contributed by atoms with Gasteiger partial charge in [0.1, 0.15) is 4.47 Å². The number of nitrogens with zero attached hydrogens (tertiary/aromatic N) is 2. The maximum Gasteiger partial charge on any atom is 0.281 e. The summed E-state index contributed by atoms with van der Waals surface area (Å²) in [7, 11) is 17.4. The second-order valence-electron chi connectivity index (χ2n) is 2.51. The zero-order chi connectivity index (χ0) is 12.0. The van der Waals surface area contributed by atoms with Crippen molar-refractivity contribution in [3.63, 3.8) is 0 Å². The fraction of sp³-hybridized carbons (Fsp3) is 0.200. The van der Waals surface area contributed by atoms with E-state index in [1.54, 1.807) is 13.2 Å². The highest BCUT2D eigenvalue weighted by Gasteiger charge is 2.01. The lowest BCUT2D eigenvalue weighted by atomic mass is 8.97. The second-order valence-corrected chi connectivity index (χ2v) is 4.15. The van der Waals surface area contributed by atoms with Crippen LogP contribution in [0.4, 0.5) is 0 Å². The van der Waals surface area contributed by atoms with E-state index in [-0.39, 0.29) is 5.56 Å². The number of hydrogen-bond acceptors (Lipinski definition) is 2. The Morgan fingerprint density at radius 2 is 2.00 bits per heavy atom. The molecule has 3 nitrogen and oxygen atoms in total. The Hall–Kier alpha value is 0.165. The van der Waals surface area contributed by atoms with Gasteiger partial charge in [0.25, 0.3) is 5.56 Å². The van der Waals surface area contributed by atoms with Gasteiger partial charge in [-0.2, -0.15) is 5.10 Å². The van der Waals surface area contributed by atoms with Crippen LogP contribution in [-0.4, -0.2) is 46.4 Å². The molecule has 1 aromatic rings. The van der Waals surface area contributed by atoms with Crippen molar-refractivity contribution in [2.45, 2.75) is 0 Å². The van der Waals surface area contributed by atoms with E-state index in [0.717, 1.165) is 0 Å². The molecule has 0 aliphatic rings. The topological polar surface area (TPSA) is 34.9 Å². The van der Waals surface area contributed by atoms with E-state index in [0.29, 0.717) is 8.95 Å². The Bertz CT molecular complexity index is 371. The van der Waals surface area contributed by atoms with Crippen LogP contribution in [0.25, 0.3) is 0 Å². The summed E-state index contributed by atoms with van der Waals surface area (Å²) in [6, 6.07) is 0. The Kier molecular flexibility index (Phi) is 7.52. The monoisotopic (exact) mass is 321 g/mol. The number of aryl methyl sites for hydroxylation is 1. The Balaban J connectivity index is 0.000000336. The first-order chi connectivity index (χ1) is 6.90. The minimum Gasteiger partial charge on any atom is -0.266 e. The first kappa shape index (κ1) is 15.2. The Morgan fingerprint density at radius 1 is 1.53 bits per heavy atom. The van der Waals surface area contributed by atoms with Crippen molar-refractivity contribution in [2.24, 2.45) is 7.05 Å². The van der Waals surface area contributed by atoms with E-state index in [2.05, 4.69) is 37.0 Å². The number of aromatic nitrogens is 2. The molecule has 1 rings (SSSR count). The van der Waals surface area contributed by atoms with Gasteiger partial charge in [-0.25, -0.2) is 4.68 Å². The summed E-state index contributed by atoms with van der Waals surface area (Å²) in [6.07, 6.45) is 1.10. The third-order valence-corrected chi connectivity index (χ3v) is 3.16. The summed E-state index contributed by atoms with van der Waals surface area (Å²) < 4.78 is 2.44. The molecule has 7 radical (unpaired) electrons. The lowest BCUT2D eigenvalue weighted by molar-refractivity contribution is 0.699. The number of halogens is 2. The van der Waals surface area contributed by atoms with Gasteiger partial charge >= 0.3 is 0 Å². The molecule has 0 atom stereocenters. The summed E-state index contributed by atoms with van der Waals surface area (Å²) in [5.41, 5.74) is -0.144. The van der Waals surface area contributed by atoms with Crippen LogP contribution in [0.15, 0.2) is 19.9 Å². The van der Waals surface area contributed by atoms with E-state index < -0.39 is 6.39 Å². The maximum absolute atomic E-state index is 11.0. The zero-order valence-corrected chi connectivity index (χ0v) is 11.2. The van der Waals surface area contributed by atoms with E-state index in [1.165, 1.54) is 11.7 Å². The molecule has 0 N–H and O–H groups in total. The normalized spacial score (nSPS) is 8.73. The Morgan fingerprint density at radius 3 is 2.33 bits per heavy atom. The molecule has 69 valence electrons. The van der Waals surface area contributed by atoms with E-state index in [9.17, 15) is 4.79 Å². The lowest BCUT2D eigenvalue weighted by Crippen LogP contribution is -2.23. The molecule has 0 aromatic carbocycles. The van der Waals surface area contributed by atoms with Crippen LogP contribution in [0, 0.1) is 0 Å². The van der Waals surface area contributed by atoms with Crippen LogP contribution in [-0.2, 0) is 7.05 Å². The van der Waals surface area contributed by atoms with Crippen LogP contribution >= 0.6 is 31.9 Å². The van der Waals surface area contributed by atoms with Crippen molar-refractivity contribution in [2.75, 3.05) is 0 Å². The average molecular weight is 322 g/mol. The van der Waals surface area contributed by atoms with E-state index in [4.69, 9.17) is 23.2 Å². The summed E-state index contributed by atoms with van der Waals surface area (Å²) in [6.45, 7) is 0. The molecule has 0 amide bonds. The minimum atomic E-state index is -0.463. The van der Waals surface area contributed by atoms with Gasteiger partial charge in [0.05, 0.1) is 10.7 Å². The molecule has 0 saturated heterocycles. The molecule has 0 aliphatic heterocycles. The smallest absolute Gasteiger partial charge is 0.266 e. The molecule has 0 fully saturated rings. The molecule has 0 unspecified atom stereocenters. The van der Waals surface area contributed by atoms with Crippen LogP contribution < -0.4 is 5.56 Å². The summed E-state index contributed by atoms with van der Waals surface area (Å²) in [5.74, 6) is 0. The molecular weight excluding hydrogens is 318 g/mol. The van der Waals surface area contributed by atoms with Crippen LogP contribution in [0.2, 0.25) is 0 Å². The van der Waals surface area contributed by atoms with Gasteiger partial charge in [-0.05, 0) is 31.9 Å². The van der Waals surface area contributed by atoms with Crippen molar-refractivity contribution in [3.8, 4) is 0 Å². The Labute approximate surface area is 111 Å². The molecule has 1 aromatic heterocycles. The van der Waals surface area contributed by atoms with Gasteiger partial charge in [-0.1, -0.05) is 0 Å². The first-order valence-corrected chi connectivity index (χ1v) is 5.42. The highest BCUT2D eigenvalue weighted by atomic mass is 79.9. The molecule has 0 saturated carbocycles. The lowest BCUT2D eigenvalue weighted by Gasteiger charge is -1.96. The molecule has 1 heterocycles. The predicted molar refractivity (Wildman–Crippen MR) is 73.6 cm³/mol. The quantitative estimate of drug-likeness (QED) is 0.648. The fourth-order valence-electron chi connectivity index (χ4n) is 0.491. The molecule has 0 bridgehead atoms. The summed E-state index contributed by atoms with van der Waals surface area (Å²) in [5, 5.41) is 3.77. The fourth-order valence-corrected chi connectivity index (χ4v) is 1.11. The highest BCUT2D eigenvalue weighted by Crippen LogP contribution is 2.15. The van der Waals surface area contributed by atoms with Gasteiger partial charge in [-0.15, -0.1) is 0 Å². The average Bonchev–Trinajstić information content (AvgIpc) is 2.21. The second kappa shape index (κ2) is 7.44. The van der Waals surface area contributed by atoms with Crippen LogP contribution in [0.5, 0.6) is 0 Å². The van der Waals surface area contributed by atoms with Crippen molar-refractivity contribution < 1.29 is 0 Å². The SMILES string of the molecule is Cn1ncc(Br)c(Br)c1=O.[B][B]B([B])[B]. The number of rotatable bonds is 1. The van der Waals surface area contributed by atoms with Gasteiger partial charge in [-0.3, -0.25) is 4.79 Å². The van der Waals surface area contributed by atoms with Gasteiger partial charge in [0, 0.05) is 43.7 Å². The first-order valence-electron chi connectivity index (χ1n) is 3.83. The van der Waals surface area contributed by atoms with E-state index in [1.807, 2.05) is 0 Å². The van der Waals surface area contributed by atoms with Crippen LogP contribution in [0.1, 0.15) is 0 Å². The zero-order valence-electron chi connectivity index (χ0n) is 8.02. The van der Waals surface area contributed by atoms with Crippen molar-refractivity contribution >= 4 is 68.5 Å². The van der Waals surface area contributed by atoms with Crippen molar-refractivity contribution in [1.82, 2.24) is 9.78 Å². The standard InChI is InChI=1S/C5H4Br2N2O.B5/c1-9-5(10)4(7)3(6)2-8-9;1-4-5(2)3/h2H,1H3;. The molecule has 10 heteroatoms. The molecule has 0 spiro atoms. The minimum absolute atomic E-state index is 0.144. The maximum atomic E-state index is 11.0. The molecule has 0 aliphatic carbocycles. The van der Waals surface area contributed by atoms with E-state index >= 15 is 0 Å². The van der Waals surface area contributed by atoms with Crippen molar-refractivity contribution in [1.29, 1.82) is 0 Å². The van der Waals surface area contributed by atoms with Gasteiger partial charge in [0.15, 0.2) is 0 Å². The van der Waals surface area contributed by atoms with Gasteiger partial charge in [0.2, 0.25) is 0 Å². The predicted octanol–water partition coefficient (Wildman–Crippen LogP) is -0.599. The third-order valence-electron chi connectivity index (χ3n) is 1.26. The number of hydrogen-bond donors (Lipinski definition) is 0. The highest BCUT2D eigenvalue weighted by molar-refractivity contribution is 9.13. The summed E-state index contributed by atoms with van der Waals surface area (Å²) >= 11 is 6.27. The van der Waals surface area contributed by atoms with Crippen molar-refractivity contribution in [3.05, 3.63) is 25.5 Å². The van der Waals surface area contributed by atoms with Crippen LogP contribution in [0.3, 0.4) is 0 Å². The third kappa shape index (κ3) is 5.71. The largest absolute Gasteiger partial charge is 0.281 e. The molecule has 15 heavy (non-hydrogen) atoms. The van der Waals surface area contributed by atoms with Gasteiger partial charge < -0.3 is 0 Å².